The predicted octanol–water partition coefficient (Wildman–Crippen LogP) is 11.0. The minimum absolute atomic E-state index is 0.0906. The van der Waals surface area contributed by atoms with Gasteiger partial charge in [-0.1, -0.05) is 183 Å². The molecule has 6 N–H and O–H groups in total. The summed E-state index contributed by atoms with van der Waals surface area (Å²) in [5.74, 6) is -1.25. The second kappa shape index (κ2) is 44.1. The molecule has 8 atom stereocenters. The summed E-state index contributed by atoms with van der Waals surface area (Å²) in [5, 5.41) is 56.6. The van der Waals surface area contributed by atoms with Crippen LogP contribution >= 0.6 is 0 Å². The van der Waals surface area contributed by atoms with Gasteiger partial charge in [-0.25, -0.2) is 0 Å². The molecular weight excluding hydrogens is 847 g/mol. The zero-order valence-corrected chi connectivity index (χ0v) is 42.0. The van der Waals surface area contributed by atoms with Crippen LogP contribution in [0, 0.1) is 0 Å². The number of ether oxygens (including phenoxy) is 3. The molecule has 384 valence electrons. The van der Waals surface area contributed by atoms with Gasteiger partial charge in [0.05, 0.1) is 25.4 Å². The van der Waals surface area contributed by atoms with Gasteiger partial charge in [0, 0.05) is 6.42 Å². The molecule has 0 saturated carbocycles. The summed E-state index contributed by atoms with van der Waals surface area (Å²) in [7, 11) is 0. The molecule has 1 fully saturated rings. The minimum Gasteiger partial charge on any atom is -0.454 e. The van der Waals surface area contributed by atoms with Crippen molar-refractivity contribution in [1.82, 2.24) is 5.32 Å². The number of hydrogen-bond donors (Lipinski definition) is 6. The highest BCUT2D eigenvalue weighted by molar-refractivity contribution is 5.80. The third kappa shape index (κ3) is 33.1. The minimum atomic E-state index is -1.63. The molecule has 8 unspecified atom stereocenters. The SMILES string of the molecule is CC/C=C/C/C=C/C/C=C/CCCCCCC(=O)OC1C(OCC(NC(=O)C(O)CCCCC/C=C/C/C=C/C/C=C/CC)C(O)/C=C/CCCCCCCCCCC)OC(CO)C(O)C1O. The van der Waals surface area contributed by atoms with E-state index >= 15 is 0 Å². The Hall–Kier alpha value is -3.16. The van der Waals surface area contributed by atoms with Gasteiger partial charge in [-0.2, -0.15) is 0 Å². The molecule has 1 amide bonds. The number of carbonyl (C=O) groups is 2. The Labute approximate surface area is 406 Å². The summed E-state index contributed by atoms with van der Waals surface area (Å²) < 4.78 is 17.5. The summed E-state index contributed by atoms with van der Waals surface area (Å²) in [4.78, 5) is 26.3. The number of rotatable bonds is 42. The molecule has 0 aromatic heterocycles. The fourth-order valence-electron chi connectivity index (χ4n) is 7.62. The normalized spacial score (nSPS) is 20.7. The van der Waals surface area contributed by atoms with Crippen LogP contribution in [0.2, 0.25) is 0 Å². The fraction of sp³-hybridized carbons (Fsp3) is 0.714. The van der Waals surface area contributed by atoms with Crippen LogP contribution in [0.1, 0.15) is 194 Å². The van der Waals surface area contributed by atoms with Gasteiger partial charge in [0.25, 0.3) is 0 Å². The van der Waals surface area contributed by atoms with E-state index in [4.69, 9.17) is 14.2 Å². The number of unbranched alkanes of at least 4 members (excludes halogenated alkanes) is 16. The number of allylic oxidation sites excluding steroid dienone is 13. The molecular formula is C56H95NO10. The molecule has 11 heteroatoms. The van der Waals surface area contributed by atoms with Gasteiger partial charge in [0.1, 0.15) is 24.4 Å². The van der Waals surface area contributed by atoms with Gasteiger partial charge in [0.15, 0.2) is 12.4 Å². The quantitative estimate of drug-likeness (QED) is 0.0196. The van der Waals surface area contributed by atoms with Crippen molar-refractivity contribution >= 4 is 11.9 Å². The number of aliphatic hydroxyl groups is 5. The fourth-order valence-corrected chi connectivity index (χ4v) is 7.62. The lowest BCUT2D eigenvalue weighted by Crippen LogP contribution is -2.61. The van der Waals surface area contributed by atoms with E-state index in [1.807, 2.05) is 6.08 Å². The third-order valence-corrected chi connectivity index (χ3v) is 11.8. The van der Waals surface area contributed by atoms with Gasteiger partial charge < -0.3 is 45.1 Å². The summed E-state index contributed by atoms with van der Waals surface area (Å²) >= 11 is 0. The van der Waals surface area contributed by atoms with Crippen LogP contribution in [0.5, 0.6) is 0 Å². The van der Waals surface area contributed by atoms with Crippen LogP contribution < -0.4 is 5.32 Å². The van der Waals surface area contributed by atoms with Crippen molar-refractivity contribution in [3.63, 3.8) is 0 Å². The lowest BCUT2D eigenvalue weighted by atomic mass is 9.99. The maximum atomic E-state index is 13.3. The Kier molecular flexibility index (Phi) is 40.7. The zero-order valence-electron chi connectivity index (χ0n) is 42.0. The molecule has 0 spiro atoms. The first-order valence-corrected chi connectivity index (χ1v) is 26.4. The van der Waals surface area contributed by atoms with Gasteiger partial charge in [-0.3, -0.25) is 9.59 Å². The van der Waals surface area contributed by atoms with Crippen LogP contribution in [0.4, 0.5) is 0 Å². The topological polar surface area (TPSA) is 175 Å². The Morgan fingerprint density at radius 3 is 1.61 bits per heavy atom. The third-order valence-electron chi connectivity index (χ3n) is 11.8. The van der Waals surface area contributed by atoms with E-state index in [-0.39, 0.29) is 19.4 Å². The summed E-state index contributed by atoms with van der Waals surface area (Å²) in [6.45, 7) is 5.48. The van der Waals surface area contributed by atoms with E-state index in [1.54, 1.807) is 6.08 Å². The maximum absolute atomic E-state index is 13.3. The van der Waals surface area contributed by atoms with E-state index in [2.05, 4.69) is 99.0 Å². The first-order valence-electron chi connectivity index (χ1n) is 26.4. The first kappa shape index (κ1) is 61.9. The van der Waals surface area contributed by atoms with Crippen LogP contribution in [-0.4, -0.2) is 99.6 Å². The van der Waals surface area contributed by atoms with E-state index in [0.717, 1.165) is 109 Å². The number of hydrogen-bond acceptors (Lipinski definition) is 10. The molecule has 0 aromatic carbocycles. The molecule has 0 aromatic rings. The van der Waals surface area contributed by atoms with E-state index in [0.29, 0.717) is 12.8 Å². The molecule has 67 heavy (non-hydrogen) atoms. The van der Waals surface area contributed by atoms with Gasteiger partial charge in [-0.15, -0.1) is 0 Å². The van der Waals surface area contributed by atoms with Crippen molar-refractivity contribution in [3.8, 4) is 0 Å². The van der Waals surface area contributed by atoms with Crippen LogP contribution in [0.15, 0.2) is 85.1 Å². The van der Waals surface area contributed by atoms with Crippen molar-refractivity contribution in [2.24, 2.45) is 0 Å². The Morgan fingerprint density at radius 1 is 0.597 bits per heavy atom. The summed E-state index contributed by atoms with van der Waals surface area (Å²) in [6.07, 6.45) is 44.9. The average Bonchev–Trinajstić information content (AvgIpc) is 3.32. The van der Waals surface area contributed by atoms with E-state index < -0.39 is 67.4 Å². The lowest BCUT2D eigenvalue weighted by Gasteiger charge is -2.41. The largest absolute Gasteiger partial charge is 0.454 e. The number of aliphatic hydroxyl groups excluding tert-OH is 5. The molecule has 0 radical (unpaired) electrons. The monoisotopic (exact) mass is 942 g/mol. The number of esters is 1. The van der Waals surface area contributed by atoms with Crippen LogP contribution in [-0.2, 0) is 23.8 Å². The number of carbonyl (C=O) groups excluding carboxylic acids is 2. The zero-order chi connectivity index (χ0) is 49.0. The molecule has 1 rings (SSSR count). The van der Waals surface area contributed by atoms with Crippen LogP contribution in [0.3, 0.4) is 0 Å². The Balaban J connectivity index is 2.81. The molecule has 1 heterocycles. The Morgan fingerprint density at radius 2 is 1.07 bits per heavy atom. The summed E-state index contributed by atoms with van der Waals surface area (Å²) in [6, 6.07) is -1.04. The van der Waals surface area contributed by atoms with Crippen LogP contribution in [0.25, 0.3) is 0 Å². The Bertz CT molecular complexity index is 1410. The summed E-state index contributed by atoms with van der Waals surface area (Å²) in [5.41, 5.74) is 0. The molecule has 1 aliphatic heterocycles. The van der Waals surface area contributed by atoms with Gasteiger partial charge in [0.2, 0.25) is 5.91 Å². The van der Waals surface area contributed by atoms with Crippen molar-refractivity contribution in [2.45, 2.75) is 243 Å². The van der Waals surface area contributed by atoms with Crippen molar-refractivity contribution < 1.29 is 49.3 Å². The highest BCUT2D eigenvalue weighted by atomic mass is 16.7. The molecule has 0 aliphatic carbocycles. The molecule has 1 aliphatic rings. The molecule has 1 saturated heterocycles. The average molecular weight is 942 g/mol. The van der Waals surface area contributed by atoms with E-state index in [9.17, 15) is 35.1 Å². The maximum Gasteiger partial charge on any atom is 0.306 e. The van der Waals surface area contributed by atoms with Gasteiger partial charge >= 0.3 is 5.97 Å². The molecule has 0 bridgehead atoms. The smallest absolute Gasteiger partial charge is 0.306 e. The second-order valence-corrected chi connectivity index (χ2v) is 17.8. The van der Waals surface area contributed by atoms with Crippen molar-refractivity contribution in [1.29, 1.82) is 0 Å². The highest BCUT2D eigenvalue weighted by Gasteiger charge is 2.47. The standard InChI is InChI=1S/C56H95NO10/c1-4-7-10-13-16-19-22-24-26-29-32-35-38-41-44-51(61)67-54-53(63)52(62)50(45-58)66-56(54)65-46-47(48(59)42-39-36-33-30-27-21-18-15-12-9-6-3)57-55(64)49(60)43-40-37-34-31-28-25-23-20-17-14-11-8-5-2/h7-8,10-11,16-17,19-20,24-26,28,39,42,47-50,52-54,56,58-60,62-63H,4-6,9,12-15,18,21-23,27,29-38,40-41,43-46H2,1-3H3,(H,57,64)/b10-7+,11-8+,19-16+,20-17+,26-24+,28-25+,42-39+. The second-order valence-electron chi connectivity index (χ2n) is 17.8. The van der Waals surface area contributed by atoms with Crippen molar-refractivity contribution in [2.75, 3.05) is 13.2 Å². The molecule has 11 nitrogen and oxygen atoms in total. The number of amides is 1. The highest BCUT2D eigenvalue weighted by Crippen LogP contribution is 2.26. The number of nitrogens with one attached hydrogen (secondary N) is 1. The van der Waals surface area contributed by atoms with E-state index in [1.165, 1.54) is 38.5 Å². The first-order chi connectivity index (χ1) is 32.7. The predicted molar refractivity (Wildman–Crippen MR) is 273 cm³/mol. The lowest BCUT2D eigenvalue weighted by molar-refractivity contribution is -0.305. The van der Waals surface area contributed by atoms with Crippen molar-refractivity contribution in [3.05, 3.63) is 85.1 Å². The van der Waals surface area contributed by atoms with Gasteiger partial charge in [-0.05, 0) is 89.9 Å².